The summed E-state index contributed by atoms with van der Waals surface area (Å²) in [5.41, 5.74) is 16.3. The van der Waals surface area contributed by atoms with E-state index in [-0.39, 0.29) is 0 Å². The molecule has 0 unspecified atom stereocenters. The van der Waals surface area contributed by atoms with Crippen LogP contribution in [0.5, 0.6) is 0 Å². The van der Waals surface area contributed by atoms with Crippen LogP contribution in [-0.4, -0.2) is 11.7 Å². The maximum absolute atomic E-state index is 6.77. The van der Waals surface area contributed by atoms with E-state index in [0.717, 1.165) is 88.0 Å². The Bertz CT molecular complexity index is 2760. The minimum Gasteiger partial charge on any atom is -0.456 e. The summed E-state index contributed by atoms with van der Waals surface area (Å²) < 4.78 is 12.5. The summed E-state index contributed by atoms with van der Waals surface area (Å²) in [5, 5.41) is 6.59. The van der Waals surface area contributed by atoms with Crippen LogP contribution in [0.3, 0.4) is 0 Å². The van der Waals surface area contributed by atoms with Gasteiger partial charge in [-0.2, -0.15) is 0 Å². The Morgan fingerprint density at radius 3 is 2.04 bits per heavy atom. The van der Waals surface area contributed by atoms with Gasteiger partial charge >= 0.3 is 0 Å². The first kappa shape index (κ1) is 28.7. The highest BCUT2D eigenvalue weighted by atomic mass is 16.3. The van der Waals surface area contributed by atoms with Crippen LogP contribution in [0.25, 0.3) is 65.8 Å². The van der Waals surface area contributed by atoms with Gasteiger partial charge in [-0.3, -0.25) is 4.99 Å². The summed E-state index contributed by atoms with van der Waals surface area (Å²) in [6, 6.07) is 49.7. The molecule has 0 amide bonds. The van der Waals surface area contributed by atoms with Crippen molar-refractivity contribution in [3.63, 3.8) is 0 Å². The third kappa shape index (κ3) is 4.95. The number of furan rings is 2. The minimum atomic E-state index is 0.352. The van der Waals surface area contributed by atoms with Gasteiger partial charge in [0.05, 0.1) is 12.1 Å². The highest BCUT2D eigenvalue weighted by Crippen LogP contribution is 2.39. The number of aliphatic imine (C=N–C) groups is 2. The zero-order valence-electron chi connectivity index (χ0n) is 26.9. The number of aryl methyl sites for hydroxylation is 1. The molecule has 0 bridgehead atoms. The molecule has 0 atom stereocenters. The van der Waals surface area contributed by atoms with Crippen molar-refractivity contribution < 1.29 is 8.83 Å². The second-order valence-electron chi connectivity index (χ2n) is 12.4. The molecule has 7 aromatic carbocycles. The number of hydrogen-bond acceptors (Lipinski definition) is 3. The molecule has 5 nitrogen and oxygen atoms in total. The van der Waals surface area contributed by atoms with Gasteiger partial charge in [-0.15, -0.1) is 0 Å². The van der Waals surface area contributed by atoms with Gasteiger partial charge in [0.1, 0.15) is 28.2 Å². The van der Waals surface area contributed by atoms with Crippen molar-refractivity contribution >= 4 is 66.3 Å². The molecular formula is C44H31N3O2. The van der Waals surface area contributed by atoms with E-state index in [1.807, 2.05) is 60.7 Å². The molecule has 49 heavy (non-hydrogen) atoms. The lowest BCUT2D eigenvalue weighted by Crippen LogP contribution is -2.16. The van der Waals surface area contributed by atoms with Crippen molar-refractivity contribution in [2.45, 2.75) is 13.5 Å². The second kappa shape index (κ2) is 11.7. The van der Waals surface area contributed by atoms with Gasteiger partial charge in [0.25, 0.3) is 0 Å². The van der Waals surface area contributed by atoms with E-state index in [1.54, 1.807) is 0 Å². The van der Waals surface area contributed by atoms with Crippen LogP contribution in [0.2, 0.25) is 0 Å². The van der Waals surface area contributed by atoms with E-state index in [0.29, 0.717) is 18.2 Å². The number of hydrogen-bond donors (Lipinski definition) is 1. The highest BCUT2D eigenvalue weighted by Gasteiger charge is 2.16. The molecule has 0 aliphatic carbocycles. The van der Waals surface area contributed by atoms with Crippen molar-refractivity contribution in [2.75, 3.05) is 0 Å². The molecule has 9 rings (SSSR count). The number of para-hydroxylation sites is 3. The zero-order chi connectivity index (χ0) is 32.9. The topological polar surface area (TPSA) is 77.0 Å². The molecule has 0 spiro atoms. The molecule has 2 heterocycles. The Balaban J connectivity index is 1.15. The Labute approximate surface area is 282 Å². The SMILES string of the molecule is Cc1ccc(C(=NCc2cccc3c(-c4cccc5oc6ccccc6c45)cccc23)N=C(N)c2cccc3c2oc2ccccc23)cc1. The van der Waals surface area contributed by atoms with E-state index in [1.165, 1.54) is 0 Å². The first-order valence-electron chi connectivity index (χ1n) is 16.4. The smallest absolute Gasteiger partial charge is 0.157 e. The number of rotatable bonds is 5. The Morgan fingerprint density at radius 2 is 1.18 bits per heavy atom. The lowest BCUT2D eigenvalue weighted by Gasteiger charge is -2.12. The Morgan fingerprint density at radius 1 is 0.551 bits per heavy atom. The maximum atomic E-state index is 6.77. The molecule has 2 aromatic heterocycles. The number of amidine groups is 2. The monoisotopic (exact) mass is 633 g/mol. The van der Waals surface area contributed by atoms with E-state index >= 15 is 0 Å². The molecule has 0 aliphatic rings. The van der Waals surface area contributed by atoms with Crippen LogP contribution in [0.15, 0.2) is 164 Å². The number of nitrogens with two attached hydrogens (primary N) is 1. The number of fused-ring (bicyclic) bond motifs is 7. The summed E-state index contributed by atoms with van der Waals surface area (Å²) in [4.78, 5) is 10.1. The molecule has 5 heteroatoms. The fraction of sp³-hybridized carbons (Fsp3) is 0.0455. The van der Waals surface area contributed by atoms with Crippen LogP contribution in [0, 0.1) is 6.92 Å². The van der Waals surface area contributed by atoms with Gasteiger partial charge in [0.15, 0.2) is 5.84 Å². The molecule has 0 radical (unpaired) electrons. The standard InChI is InChI=1S/C44H31N3O2/c1-27-22-24-28(25-23-27)44(47-43(45)37-18-8-17-35-33-11-2-4-19-38(33)49-42(35)37)46-26-29-10-6-14-31-30(29)13-7-15-32(31)34-16-9-21-40-41(34)36-12-3-5-20-39(36)48-40/h2-25H,26H2,1H3,(H2,45,46,47). The average molecular weight is 634 g/mol. The lowest BCUT2D eigenvalue weighted by atomic mass is 9.93. The van der Waals surface area contributed by atoms with Gasteiger partial charge < -0.3 is 14.6 Å². The summed E-state index contributed by atoms with van der Waals surface area (Å²) in [6.07, 6.45) is 0. The number of benzene rings is 7. The predicted molar refractivity (Wildman–Crippen MR) is 203 cm³/mol. The minimum absolute atomic E-state index is 0.352. The van der Waals surface area contributed by atoms with Crippen LogP contribution in [0.4, 0.5) is 0 Å². The van der Waals surface area contributed by atoms with Crippen molar-refractivity contribution in [3.8, 4) is 11.1 Å². The van der Waals surface area contributed by atoms with Crippen molar-refractivity contribution in [1.29, 1.82) is 0 Å². The first-order valence-corrected chi connectivity index (χ1v) is 16.4. The first-order chi connectivity index (χ1) is 24.1. The molecule has 2 N–H and O–H groups in total. The van der Waals surface area contributed by atoms with Crippen LogP contribution in [-0.2, 0) is 6.54 Å². The predicted octanol–water partition coefficient (Wildman–Crippen LogP) is 11.0. The summed E-state index contributed by atoms with van der Waals surface area (Å²) >= 11 is 0. The summed E-state index contributed by atoms with van der Waals surface area (Å²) in [6.45, 7) is 2.50. The average Bonchev–Trinajstić information content (AvgIpc) is 3.72. The Hall–Kier alpha value is -6.46. The second-order valence-corrected chi connectivity index (χ2v) is 12.4. The van der Waals surface area contributed by atoms with Crippen LogP contribution < -0.4 is 5.73 Å². The van der Waals surface area contributed by atoms with Gasteiger partial charge in [-0.05, 0) is 58.7 Å². The quantitative estimate of drug-likeness (QED) is 0.151. The third-order valence-electron chi connectivity index (χ3n) is 9.32. The van der Waals surface area contributed by atoms with Crippen molar-refractivity contribution in [2.24, 2.45) is 15.7 Å². The van der Waals surface area contributed by atoms with E-state index in [4.69, 9.17) is 24.6 Å². The molecule has 0 saturated carbocycles. The van der Waals surface area contributed by atoms with Gasteiger partial charge in [0, 0.05) is 27.1 Å². The van der Waals surface area contributed by atoms with Crippen LogP contribution >= 0.6 is 0 Å². The molecule has 0 fully saturated rings. The normalized spacial score (nSPS) is 12.6. The van der Waals surface area contributed by atoms with E-state index < -0.39 is 0 Å². The lowest BCUT2D eigenvalue weighted by molar-refractivity contribution is 0.668. The fourth-order valence-electron chi connectivity index (χ4n) is 6.92. The molecule has 9 aromatic rings. The molecule has 0 saturated heterocycles. The summed E-state index contributed by atoms with van der Waals surface area (Å²) in [7, 11) is 0. The molecule has 0 aliphatic heterocycles. The van der Waals surface area contributed by atoms with Gasteiger partial charge in [-0.1, -0.05) is 127 Å². The van der Waals surface area contributed by atoms with Crippen molar-refractivity contribution in [1.82, 2.24) is 0 Å². The molecular weight excluding hydrogens is 603 g/mol. The largest absolute Gasteiger partial charge is 0.456 e. The van der Waals surface area contributed by atoms with E-state index in [9.17, 15) is 0 Å². The zero-order valence-corrected chi connectivity index (χ0v) is 26.9. The van der Waals surface area contributed by atoms with E-state index in [2.05, 4.69) is 91.9 Å². The highest BCUT2D eigenvalue weighted by molar-refractivity contribution is 6.18. The summed E-state index contributed by atoms with van der Waals surface area (Å²) in [5.74, 6) is 0.915. The fourth-order valence-corrected chi connectivity index (χ4v) is 6.92. The van der Waals surface area contributed by atoms with Crippen molar-refractivity contribution in [3.05, 3.63) is 168 Å². The number of nitrogens with zero attached hydrogens (tertiary/aromatic N) is 2. The van der Waals surface area contributed by atoms with Gasteiger partial charge in [-0.25, -0.2) is 4.99 Å². The van der Waals surface area contributed by atoms with Crippen LogP contribution in [0.1, 0.15) is 22.3 Å². The Kier molecular flexibility index (Phi) is 6.83. The van der Waals surface area contributed by atoms with Gasteiger partial charge in [0.2, 0.25) is 0 Å². The third-order valence-corrected chi connectivity index (χ3v) is 9.32. The maximum Gasteiger partial charge on any atom is 0.157 e. The molecule has 234 valence electrons.